The van der Waals surface area contributed by atoms with E-state index < -0.39 is 17.7 Å². The maximum absolute atomic E-state index is 13.8. The van der Waals surface area contributed by atoms with Crippen molar-refractivity contribution in [1.29, 1.82) is 0 Å². The predicted octanol–water partition coefficient (Wildman–Crippen LogP) is 6.02. The maximum Gasteiger partial charge on any atom is 0.319 e. The number of benzene rings is 3. The minimum Gasteiger partial charge on any atom is -0.335 e. The molecule has 0 atom stereocenters. The fourth-order valence-corrected chi connectivity index (χ4v) is 4.45. The van der Waals surface area contributed by atoms with E-state index in [0.29, 0.717) is 0 Å². The van der Waals surface area contributed by atoms with Gasteiger partial charge in [-0.3, -0.25) is 0 Å². The van der Waals surface area contributed by atoms with Gasteiger partial charge in [0.15, 0.2) is 0 Å². The van der Waals surface area contributed by atoms with Crippen molar-refractivity contribution in [2.45, 2.75) is 37.1 Å². The summed E-state index contributed by atoms with van der Waals surface area (Å²) in [5, 5.41) is 5.42. The van der Waals surface area contributed by atoms with Gasteiger partial charge in [-0.05, 0) is 48.9 Å². The highest BCUT2D eigenvalue weighted by Gasteiger charge is 2.38. The summed E-state index contributed by atoms with van der Waals surface area (Å²) in [6.07, 6.45) is 3.42. The van der Waals surface area contributed by atoms with E-state index in [4.69, 9.17) is 0 Å². The molecule has 0 aromatic heterocycles. The van der Waals surface area contributed by atoms with Crippen LogP contribution in [0.25, 0.3) is 0 Å². The van der Waals surface area contributed by atoms with Crippen LogP contribution >= 0.6 is 0 Å². The van der Waals surface area contributed by atoms with Gasteiger partial charge in [-0.25, -0.2) is 13.6 Å². The maximum atomic E-state index is 13.8. The predicted molar refractivity (Wildman–Crippen MR) is 114 cm³/mol. The molecule has 1 saturated carbocycles. The van der Waals surface area contributed by atoms with Crippen LogP contribution in [0, 0.1) is 11.6 Å². The quantitative estimate of drug-likeness (QED) is 0.547. The van der Waals surface area contributed by atoms with Gasteiger partial charge in [-0.1, -0.05) is 60.7 Å². The Morgan fingerprint density at radius 1 is 0.833 bits per heavy atom. The number of carbonyl (C=O) groups is 1. The molecule has 0 aliphatic heterocycles. The fraction of sp³-hybridized carbons (Fsp3) is 0.240. The van der Waals surface area contributed by atoms with Crippen LogP contribution in [0.4, 0.5) is 19.3 Å². The minimum atomic E-state index is -0.791. The highest BCUT2D eigenvalue weighted by molar-refractivity contribution is 5.89. The second-order valence-corrected chi connectivity index (χ2v) is 7.81. The van der Waals surface area contributed by atoms with Crippen LogP contribution in [0.5, 0.6) is 0 Å². The fourth-order valence-electron chi connectivity index (χ4n) is 4.45. The molecule has 2 N–H and O–H groups in total. The molecule has 3 nitrogen and oxygen atoms in total. The summed E-state index contributed by atoms with van der Waals surface area (Å²) >= 11 is 0. The first-order valence-electron chi connectivity index (χ1n) is 10.2. The molecule has 0 radical (unpaired) electrons. The molecule has 30 heavy (non-hydrogen) atoms. The molecule has 0 saturated heterocycles. The molecule has 3 aromatic rings. The molecular weight excluding hydrogens is 382 g/mol. The third-order valence-corrected chi connectivity index (χ3v) is 6.01. The molecule has 4 rings (SSSR count). The van der Waals surface area contributed by atoms with Gasteiger partial charge in [-0.2, -0.15) is 0 Å². The zero-order valence-electron chi connectivity index (χ0n) is 16.6. The molecule has 3 aromatic carbocycles. The van der Waals surface area contributed by atoms with Crippen molar-refractivity contribution in [2.75, 3.05) is 5.32 Å². The Bertz CT molecular complexity index is 959. The molecule has 1 aliphatic rings. The summed E-state index contributed by atoms with van der Waals surface area (Å²) in [6, 6.07) is 23.6. The normalized spacial score (nSPS) is 16.1. The van der Waals surface area contributed by atoms with Crippen LogP contribution in [0.1, 0.15) is 36.8 Å². The third kappa shape index (κ3) is 4.20. The summed E-state index contributed by atoms with van der Waals surface area (Å²) in [4.78, 5) is 12.3. The molecule has 1 aliphatic carbocycles. The lowest BCUT2D eigenvalue weighted by Crippen LogP contribution is -2.44. The lowest BCUT2D eigenvalue weighted by molar-refractivity contribution is 0.236. The van der Waals surface area contributed by atoms with Crippen molar-refractivity contribution < 1.29 is 13.6 Å². The van der Waals surface area contributed by atoms with Gasteiger partial charge in [-0.15, -0.1) is 0 Å². The Morgan fingerprint density at radius 3 is 1.93 bits per heavy atom. The monoisotopic (exact) mass is 406 g/mol. The Morgan fingerprint density at radius 2 is 1.40 bits per heavy atom. The summed E-state index contributed by atoms with van der Waals surface area (Å²) in [6.45, 7) is 0. The largest absolute Gasteiger partial charge is 0.335 e. The highest BCUT2D eigenvalue weighted by Crippen LogP contribution is 2.44. The van der Waals surface area contributed by atoms with Gasteiger partial charge in [0.2, 0.25) is 0 Å². The van der Waals surface area contributed by atoms with E-state index in [9.17, 15) is 13.6 Å². The van der Waals surface area contributed by atoms with Gasteiger partial charge in [0.1, 0.15) is 11.6 Å². The number of rotatable bonds is 4. The van der Waals surface area contributed by atoms with E-state index in [-0.39, 0.29) is 17.1 Å². The third-order valence-electron chi connectivity index (χ3n) is 6.01. The average molecular weight is 406 g/mol. The first kappa shape index (κ1) is 20.1. The number of hydrogen-bond donors (Lipinski definition) is 2. The molecule has 0 bridgehead atoms. The number of carbonyl (C=O) groups excluding carboxylic acids is 1. The van der Waals surface area contributed by atoms with Gasteiger partial charge in [0.05, 0.1) is 5.69 Å². The number of halogens is 2. The van der Waals surface area contributed by atoms with Crippen molar-refractivity contribution in [3.8, 4) is 0 Å². The summed E-state index contributed by atoms with van der Waals surface area (Å²) in [5.74, 6) is -1.47. The topological polar surface area (TPSA) is 41.1 Å². The smallest absolute Gasteiger partial charge is 0.319 e. The van der Waals surface area contributed by atoms with Gasteiger partial charge >= 0.3 is 6.03 Å². The second-order valence-electron chi connectivity index (χ2n) is 7.81. The number of hydrogen-bond acceptors (Lipinski definition) is 1. The standard InChI is InChI=1S/C25H24F2N2O/c26-20-11-12-23(22(27)17-20)29-24(30)28-21-13-15-25(16-14-21,18-7-3-1-4-8-18)19-9-5-2-6-10-19/h1-12,17,21H,13-16H2,(H2,28,29,30). The number of amides is 2. The SMILES string of the molecule is O=C(Nc1ccc(F)cc1F)NC1CCC(c2ccccc2)(c2ccccc2)CC1. The molecule has 5 heteroatoms. The van der Waals surface area contributed by atoms with E-state index in [0.717, 1.165) is 37.8 Å². The lowest BCUT2D eigenvalue weighted by Gasteiger charge is -2.41. The molecule has 2 amide bonds. The van der Waals surface area contributed by atoms with Gasteiger partial charge in [0, 0.05) is 17.5 Å². The lowest BCUT2D eigenvalue weighted by atomic mass is 9.64. The van der Waals surface area contributed by atoms with Crippen molar-refractivity contribution >= 4 is 11.7 Å². The van der Waals surface area contributed by atoms with E-state index in [1.807, 2.05) is 12.1 Å². The van der Waals surface area contributed by atoms with Crippen LogP contribution in [0.15, 0.2) is 78.9 Å². The Hall–Kier alpha value is -3.21. The van der Waals surface area contributed by atoms with E-state index in [1.165, 1.54) is 17.2 Å². The second kappa shape index (κ2) is 8.66. The molecule has 0 heterocycles. The summed E-state index contributed by atoms with van der Waals surface area (Å²) in [5.41, 5.74) is 2.45. The van der Waals surface area contributed by atoms with E-state index in [1.54, 1.807) is 0 Å². The molecule has 0 unspecified atom stereocenters. The Kier molecular flexibility index (Phi) is 5.79. The minimum absolute atomic E-state index is 0.00550. The van der Waals surface area contributed by atoms with Crippen molar-refractivity contribution in [3.63, 3.8) is 0 Å². The summed E-state index contributed by atoms with van der Waals surface area (Å²) in [7, 11) is 0. The molecule has 0 spiro atoms. The van der Waals surface area contributed by atoms with Crippen molar-refractivity contribution in [1.82, 2.24) is 5.32 Å². The number of urea groups is 1. The first-order valence-corrected chi connectivity index (χ1v) is 10.2. The molecule has 1 fully saturated rings. The number of nitrogens with one attached hydrogen (secondary N) is 2. The van der Waals surface area contributed by atoms with Crippen molar-refractivity contribution in [3.05, 3.63) is 102 Å². The van der Waals surface area contributed by atoms with Gasteiger partial charge < -0.3 is 10.6 Å². The van der Waals surface area contributed by atoms with Crippen LogP contribution in [0.3, 0.4) is 0 Å². The zero-order chi connectivity index (χ0) is 21.0. The van der Waals surface area contributed by atoms with Crippen molar-refractivity contribution in [2.24, 2.45) is 0 Å². The van der Waals surface area contributed by atoms with Gasteiger partial charge in [0.25, 0.3) is 0 Å². The van der Waals surface area contributed by atoms with E-state index in [2.05, 4.69) is 59.2 Å². The zero-order valence-corrected chi connectivity index (χ0v) is 16.6. The summed E-state index contributed by atoms with van der Waals surface area (Å²) < 4.78 is 26.8. The van der Waals surface area contributed by atoms with Crippen LogP contribution in [-0.2, 0) is 5.41 Å². The Balaban J connectivity index is 1.45. The average Bonchev–Trinajstić information content (AvgIpc) is 2.78. The van der Waals surface area contributed by atoms with Crippen LogP contribution in [-0.4, -0.2) is 12.1 Å². The van der Waals surface area contributed by atoms with Crippen LogP contribution in [0.2, 0.25) is 0 Å². The van der Waals surface area contributed by atoms with E-state index >= 15 is 0 Å². The highest BCUT2D eigenvalue weighted by atomic mass is 19.1. The van der Waals surface area contributed by atoms with Crippen LogP contribution < -0.4 is 10.6 Å². The first-order chi connectivity index (χ1) is 14.6. The molecule has 154 valence electrons. The molecular formula is C25H24F2N2O. The number of anilines is 1. The Labute approximate surface area is 175 Å².